The van der Waals surface area contributed by atoms with E-state index in [-0.39, 0.29) is 5.91 Å². The molecule has 1 aromatic rings. The van der Waals surface area contributed by atoms with Crippen molar-refractivity contribution in [1.82, 2.24) is 0 Å². The highest BCUT2D eigenvalue weighted by Gasteiger charge is 2.11. The number of benzene rings is 1. The molecule has 5 nitrogen and oxygen atoms in total. The van der Waals surface area contributed by atoms with E-state index < -0.39 is 0 Å². The van der Waals surface area contributed by atoms with Crippen LogP contribution in [0.3, 0.4) is 0 Å². The minimum Gasteiger partial charge on any atom is -0.487 e. The maximum Gasteiger partial charge on any atom is 0.224 e. The summed E-state index contributed by atoms with van der Waals surface area (Å²) in [6.45, 7) is 3.89. The highest BCUT2D eigenvalue weighted by Crippen LogP contribution is 2.32. The maximum absolute atomic E-state index is 11.7. The molecule has 0 fully saturated rings. The van der Waals surface area contributed by atoms with Gasteiger partial charge in [-0.2, -0.15) is 0 Å². The molecule has 0 saturated heterocycles. The molecule has 0 spiro atoms. The Morgan fingerprint density at radius 2 is 2.20 bits per heavy atom. The van der Waals surface area contributed by atoms with Crippen LogP contribution in [0, 0.1) is 0 Å². The molecule has 0 aliphatic rings. The second kappa shape index (κ2) is 9.58. The molecule has 0 heterocycles. The number of rotatable bonds is 9. The lowest BCUT2D eigenvalue weighted by molar-refractivity contribution is -0.116. The van der Waals surface area contributed by atoms with Crippen molar-refractivity contribution >= 4 is 23.2 Å². The van der Waals surface area contributed by atoms with E-state index in [0.29, 0.717) is 55.7 Å². The van der Waals surface area contributed by atoms with Gasteiger partial charge in [0.25, 0.3) is 0 Å². The minimum atomic E-state index is -0.104. The van der Waals surface area contributed by atoms with Gasteiger partial charge < -0.3 is 20.5 Å². The van der Waals surface area contributed by atoms with E-state index in [9.17, 15) is 4.79 Å². The summed E-state index contributed by atoms with van der Waals surface area (Å²) in [4.78, 5) is 11.7. The number of nitrogens with one attached hydrogen (secondary N) is 1. The normalized spacial score (nSPS) is 10.3. The standard InChI is InChI=1S/C14H21ClN2O3/c1-2-19-9-10-20-14-11(15)5-3-6-12(14)17-13(18)7-4-8-16/h3,5-6H,2,4,7-10,16H2,1H3,(H,17,18). The van der Waals surface area contributed by atoms with Crippen LogP contribution in [-0.4, -0.2) is 32.3 Å². The lowest BCUT2D eigenvalue weighted by Gasteiger charge is -2.14. The second-order valence-electron chi connectivity index (χ2n) is 4.10. The van der Waals surface area contributed by atoms with E-state index in [1.807, 2.05) is 6.92 Å². The summed E-state index contributed by atoms with van der Waals surface area (Å²) in [5.41, 5.74) is 5.94. The van der Waals surface area contributed by atoms with Crippen molar-refractivity contribution in [3.63, 3.8) is 0 Å². The molecule has 1 rings (SSSR count). The first kappa shape index (κ1) is 16.8. The molecular formula is C14H21ClN2O3. The van der Waals surface area contributed by atoms with Gasteiger partial charge in [0.1, 0.15) is 6.61 Å². The van der Waals surface area contributed by atoms with Crippen LogP contribution in [-0.2, 0) is 9.53 Å². The van der Waals surface area contributed by atoms with E-state index in [1.165, 1.54) is 0 Å². The van der Waals surface area contributed by atoms with Crippen molar-refractivity contribution < 1.29 is 14.3 Å². The monoisotopic (exact) mass is 300 g/mol. The summed E-state index contributed by atoms with van der Waals surface area (Å²) in [5, 5.41) is 3.24. The predicted octanol–water partition coefficient (Wildman–Crippen LogP) is 2.43. The maximum atomic E-state index is 11.7. The van der Waals surface area contributed by atoms with Crippen LogP contribution in [0.1, 0.15) is 19.8 Å². The first-order valence-electron chi connectivity index (χ1n) is 6.68. The number of hydrogen-bond acceptors (Lipinski definition) is 4. The number of carbonyl (C=O) groups excluding carboxylic acids is 1. The van der Waals surface area contributed by atoms with Crippen LogP contribution in [0.4, 0.5) is 5.69 Å². The molecule has 0 atom stereocenters. The molecule has 1 amide bonds. The molecule has 0 bridgehead atoms. The summed E-state index contributed by atoms with van der Waals surface area (Å²) in [5.74, 6) is 0.363. The highest BCUT2D eigenvalue weighted by molar-refractivity contribution is 6.32. The minimum absolute atomic E-state index is 0.104. The Bertz CT molecular complexity index is 427. The van der Waals surface area contributed by atoms with Crippen molar-refractivity contribution in [1.29, 1.82) is 0 Å². The van der Waals surface area contributed by atoms with Gasteiger partial charge in [0.15, 0.2) is 5.75 Å². The Morgan fingerprint density at radius 3 is 2.90 bits per heavy atom. The van der Waals surface area contributed by atoms with Crippen molar-refractivity contribution in [2.24, 2.45) is 5.73 Å². The van der Waals surface area contributed by atoms with Gasteiger partial charge in [-0.1, -0.05) is 17.7 Å². The van der Waals surface area contributed by atoms with Gasteiger partial charge in [-0.25, -0.2) is 0 Å². The van der Waals surface area contributed by atoms with Crippen molar-refractivity contribution in [2.75, 3.05) is 31.7 Å². The van der Waals surface area contributed by atoms with E-state index in [0.717, 1.165) is 0 Å². The fraction of sp³-hybridized carbons (Fsp3) is 0.500. The lowest BCUT2D eigenvalue weighted by atomic mass is 10.2. The van der Waals surface area contributed by atoms with Gasteiger partial charge in [0.2, 0.25) is 5.91 Å². The largest absolute Gasteiger partial charge is 0.487 e. The highest BCUT2D eigenvalue weighted by atomic mass is 35.5. The third-order valence-corrected chi connectivity index (χ3v) is 2.82. The zero-order chi connectivity index (χ0) is 14.8. The number of amides is 1. The van der Waals surface area contributed by atoms with Gasteiger partial charge in [-0.05, 0) is 32.0 Å². The number of hydrogen-bond donors (Lipinski definition) is 2. The van der Waals surface area contributed by atoms with Crippen LogP contribution in [0.2, 0.25) is 5.02 Å². The van der Waals surface area contributed by atoms with Gasteiger partial charge in [-0.15, -0.1) is 0 Å². The average Bonchev–Trinajstić information content (AvgIpc) is 2.43. The molecule has 0 aromatic heterocycles. The molecule has 6 heteroatoms. The van der Waals surface area contributed by atoms with Crippen LogP contribution in [0.5, 0.6) is 5.75 Å². The molecule has 112 valence electrons. The van der Waals surface area contributed by atoms with Crippen molar-refractivity contribution in [2.45, 2.75) is 19.8 Å². The fourth-order valence-electron chi connectivity index (χ4n) is 1.58. The van der Waals surface area contributed by atoms with Gasteiger partial charge in [0.05, 0.1) is 17.3 Å². The number of halogens is 1. The Morgan fingerprint density at radius 1 is 1.40 bits per heavy atom. The SMILES string of the molecule is CCOCCOc1c(Cl)cccc1NC(=O)CCCN. The molecule has 0 saturated carbocycles. The molecule has 0 radical (unpaired) electrons. The van der Waals surface area contributed by atoms with E-state index >= 15 is 0 Å². The van der Waals surface area contributed by atoms with Crippen LogP contribution in [0.15, 0.2) is 18.2 Å². The van der Waals surface area contributed by atoms with E-state index in [1.54, 1.807) is 18.2 Å². The van der Waals surface area contributed by atoms with Crippen molar-refractivity contribution in [3.8, 4) is 5.75 Å². The molecule has 0 aliphatic heterocycles. The first-order chi connectivity index (χ1) is 9.69. The second-order valence-corrected chi connectivity index (χ2v) is 4.51. The number of anilines is 1. The summed E-state index contributed by atoms with van der Waals surface area (Å²) < 4.78 is 10.8. The number of nitrogens with two attached hydrogens (primary N) is 1. The van der Waals surface area contributed by atoms with Gasteiger partial charge >= 0.3 is 0 Å². The van der Waals surface area contributed by atoms with Crippen LogP contribution in [0.25, 0.3) is 0 Å². The molecule has 1 aromatic carbocycles. The van der Waals surface area contributed by atoms with Crippen LogP contribution < -0.4 is 15.8 Å². The molecule has 0 aliphatic carbocycles. The third kappa shape index (κ3) is 5.77. The first-order valence-corrected chi connectivity index (χ1v) is 7.05. The zero-order valence-corrected chi connectivity index (χ0v) is 12.4. The molecule has 0 unspecified atom stereocenters. The summed E-state index contributed by atoms with van der Waals surface area (Å²) >= 11 is 6.09. The third-order valence-electron chi connectivity index (χ3n) is 2.53. The smallest absolute Gasteiger partial charge is 0.224 e. The Balaban J connectivity index is 2.64. The Hall–Kier alpha value is -1.30. The van der Waals surface area contributed by atoms with Crippen molar-refractivity contribution in [3.05, 3.63) is 23.2 Å². The topological polar surface area (TPSA) is 73.6 Å². The average molecular weight is 301 g/mol. The van der Waals surface area contributed by atoms with Gasteiger partial charge in [0, 0.05) is 13.0 Å². The van der Waals surface area contributed by atoms with E-state index in [4.69, 9.17) is 26.8 Å². The fourth-order valence-corrected chi connectivity index (χ4v) is 1.81. The zero-order valence-electron chi connectivity index (χ0n) is 11.7. The van der Waals surface area contributed by atoms with E-state index in [2.05, 4.69) is 5.32 Å². The molecular weight excluding hydrogens is 280 g/mol. The van der Waals surface area contributed by atoms with Gasteiger partial charge in [-0.3, -0.25) is 4.79 Å². The summed E-state index contributed by atoms with van der Waals surface area (Å²) in [6.07, 6.45) is 1.02. The predicted molar refractivity (Wildman–Crippen MR) is 80.4 cm³/mol. The molecule has 20 heavy (non-hydrogen) atoms. The molecule has 3 N–H and O–H groups in total. The summed E-state index contributed by atoms with van der Waals surface area (Å²) in [7, 11) is 0. The van der Waals surface area contributed by atoms with Crippen LogP contribution >= 0.6 is 11.6 Å². The Labute approximate surface area is 124 Å². The lowest BCUT2D eigenvalue weighted by Crippen LogP contribution is -2.15. The Kier molecular flexibility index (Phi) is 8.02. The number of ether oxygens (including phenoxy) is 2. The number of para-hydroxylation sites is 1. The summed E-state index contributed by atoms with van der Waals surface area (Å²) in [6, 6.07) is 5.23. The number of carbonyl (C=O) groups is 1. The quantitative estimate of drug-likeness (QED) is 0.687.